The van der Waals surface area contributed by atoms with E-state index in [0.717, 1.165) is 12.1 Å². The molecule has 42 heavy (non-hydrogen) atoms. The van der Waals surface area contributed by atoms with E-state index in [2.05, 4.69) is 13.3 Å². The predicted octanol–water partition coefficient (Wildman–Crippen LogP) is 2.95. The van der Waals surface area contributed by atoms with Crippen LogP contribution in [0.15, 0.2) is 66.2 Å². The molecule has 4 aromatic heterocycles. The lowest BCUT2D eigenvalue weighted by molar-refractivity contribution is 0.0630. The van der Waals surface area contributed by atoms with Crippen LogP contribution < -0.4 is 0 Å². The Morgan fingerprint density at radius 3 is 1.00 bits per heavy atom. The highest BCUT2D eigenvalue weighted by Crippen LogP contribution is 2.07. The van der Waals surface area contributed by atoms with Crippen LogP contribution in [-0.2, 0) is 6.61 Å². The molecule has 0 aliphatic heterocycles. The van der Waals surface area contributed by atoms with E-state index in [-0.39, 0.29) is 59.8 Å². The number of aliphatic hydroxyl groups excluding tert-OH is 1. The molecule has 0 radical (unpaired) electrons. The molecule has 4 heterocycles. The SMILES string of the molecule is C.O.O=C(O)c1ccc(C(=O)O)o1.O=Cc1ccc(C=O)o1.O=Cc1ccc(C=O)o1.O=Cc1ccc(CO)o1.O=O. The molecule has 0 saturated heterocycles. The fourth-order valence-electron chi connectivity index (χ4n) is 2.10. The van der Waals surface area contributed by atoms with Crippen LogP contribution in [0.2, 0.25) is 0 Å². The van der Waals surface area contributed by atoms with E-state index in [1.54, 1.807) is 6.07 Å². The van der Waals surface area contributed by atoms with E-state index < -0.39 is 11.9 Å². The Labute approximate surface area is 234 Å². The molecule has 0 spiro atoms. The maximum atomic E-state index is 10.2. The van der Waals surface area contributed by atoms with Crippen LogP contribution in [0.5, 0.6) is 0 Å². The average molecular weight is 596 g/mol. The summed E-state index contributed by atoms with van der Waals surface area (Å²) < 4.78 is 18.5. The standard InChI is InChI=1S/C6H4O5.C6H6O3.2C6H4O3.CH4.O2.H2O/c7-5(8)3-1-2-4(11-3)6(9)10;3*7-3-5-1-2-6(4-8)9-5;;1-2;/h1-2H,(H,7,8)(H,9,10);1-3,8H,4H2;2*1-4H;1H4;;1H2. The Kier molecular flexibility index (Phi) is 22.0. The van der Waals surface area contributed by atoms with Gasteiger partial charge in [-0.25, -0.2) is 9.59 Å². The second-order valence-corrected chi connectivity index (χ2v) is 6.31. The molecule has 0 saturated carbocycles. The molecule has 0 amide bonds. The second kappa shape index (κ2) is 22.9. The third-order valence-corrected chi connectivity index (χ3v) is 3.74. The molecule has 0 bridgehead atoms. The van der Waals surface area contributed by atoms with E-state index in [4.69, 9.17) is 29.7 Å². The molecule has 0 atom stereocenters. The highest BCUT2D eigenvalue weighted by Gasteiger charge is 2.12. The lowest BCUT2D eigenvalue weighted by Crippen LogP contribution is -1.94. The Bertz CT molecular complexity index is 1260. The molecule has 0 fully saturated rings. The van der Waals surface area contributed by atoms with Gasteiger partial charge in [-0.05, 0) is 48.5 Å². The first-order valence-electron chi connectivity index (χ1n) is 10.1. The molecule has 0 aliphatic rings. The topological polar surface area (TPSA) is 298 Å². The first-order valence-corrected chi connectivity index (χ1v) is 10.1. The number of furan rings is 4. The van der Waals surface area contributed by atoms with Gasteiger partial charge >= 0.3 is 11.9 Å². The number of aldehydes is 5. The molecule has 4 rings (SSSR count). The van der Waals surface area contributed by atoms with Gasteiger partial charge in [0, 0.05) is 9.93 Å². The van der Waals surface area contributed by atoms with Crippen LogP contribution in [0.3, 0.4) is 0 Å². The molecule has 4 aromatic rings. The zero-order valence-electron chi connectivity index (χ0n) is 20.4. The Balaban J connectivity index is -0.000000467. The quantitative estimate of drug-likeness (QED) is 0.246. The van der Waals surface area contributed by atoms with Gasteiger partial charge in [-0.2, -0.15) is 0 Å². The summed E-state index contributed by atoms with van der Waals surface area (Å²) >= 11 is 0. The smallest absolute Gasteiger partial charge is 0.371 e. The van der Waals surface area contributed by atoms with Crippen LogP contribution in [0, 0.1) is 9.93 Å². The summed E-state index contributed by atoms with van der Waals surface area (Å²) in [6.07, 6.45) is 2.79. The average Bonchev–Trinajstić information content (AvgIpc) is 3.80. The fraction of sp³-hybridized carbons (Fsp3) is 0.0800. The lowest BCUT2D eigenvalue weighted by atomic mass is 10.4. The van der Waals surface area contributed by atoms with Crippen molar-refractivity contribution in [1.82, 2.24) is 0 Å². The zero-order chi connectivity index (χ0) is 30.5. The van der Waals surface area contributed by atoms with Crippen molar-refractivity contribution in [3.8, 4) is 0 Å². The van der Waals surface area contributed by atoms with Crippen molar-refractivity contribution < 1.29 is 72.0 Å². The largest absolute Gasteiger partial charge is 0.475 e. The van der Waals surface area contributed by atoms with Crippen LogP contribution in [0.1, 0.15) is 87.1 Å². The van der Waals surface area contributed by atoms with Gasteiger partial charge in [-0.15, -0.1) is 0 Å². The molecule has 0 aromatic carbocycles. The number of carbonyl (C=O) groups is 7. The Hall–Kier alpha value is -6.07. The molecular weight excluding hydrogens is 572 g/mol. The minimum Gasteiger partial charge on any atom is -0.475 e. The summed E-state index contributed by atoms with van der Waals surface area (Å²) in [4.78, 5) is 84.0. The number of carboxylic acids is 2. The van der Waals surface area contributed by atoms with Crippen molar-refractivity contribution in [3.63, 3.8) is 0 Å². The van der Waals surface area contributed by atoms with Gasteiger partial charge in [0.2, 0.25) is 11.5 Å². The number of aromatic carboxylic acids is 2. The summed E-state index contributed by atoms with van der Waals surface area (Å²) in [5.74, 6) is -1.93. The Morgan fingerprint density at radius 2 is 0.833 bits per heavy atom. The molecule has 226 valence electrons. The number of rotatable bonds is 8. The minimum absolute atomic E-state index is 0. The van der Waals surface area contributed by atoms with E-state index >= 15 is 0 Å². The maximum absolute atomic E-state index is 10.2. The van der Waals surface area contributed by atoms with E-state index in [0.29, 0.717) is 37.2 Å². The summed E-state index contributed by atoms with van der Waals surface area (Å²) in [6.45, 7) is -0.159. The number of carboxylic acid groups (broad SMARTS) is 2. The van der Waals surface area contributed by atoms with Gasteiger partial charge in [0.05, 0.1) is 0 Å². The van der Waals surface area contributed by atoms with Crippen molar-refractivity contribution in [2.45, 2.75) is 14.0 Å². The Morgan fingerprint density at radius 1 is 0.548 bits per heavy atom. The highest BCUT2D eigenvalue weighted by atomic mass is 16.7. The fourth-order valence-corrected chi connectivity index (χ4v) is 2.10. The van der Waals surface area contributed by atoms with E-state index in [1.165, 1.54) is 30.3 Å². The van der Waals surface area contributed by atoms with E-state index in [9.17, 15) is 33.6 Å². The van der Waals surface area contributed by atoms with Gasteiger partial charge < -0.3 is 38.5 Å². The summed E-state index contributed by atoms with van der Waals surface area (Å²) in [6, 6.07) is 11.0. The van der Waals surface area contributed by atoms with Gasteiger partial charge in [-0.3, -0.25) is 24.0 Å². The first kappa shape index (κ1) is 40.4. The second-order valence-electron chi connectivity index (χ2n) is 6.31. The lowest BCUT2D eigenvalue weighted by Gasteiger charge is -1.84. The summed E-state index contributed by atoms with van der Waals surface area (Å²) in [7, 11) is 0. The molecule has 17 nitrogen and oxygen atoms in total. The minimum atomic E-state index is -1.28. The molecular formula is C25H24O17. The van der Waals surface area contributed by atoms with Crippen molar-refractivity contribution >= 4 is 43.4 Å². The zero-order valence-corrected chi connectivity index (χ0v) is 20.4. The van der Waals surface area contributed by atoms with Crippen LogP contribution in [0.25, 0.3) is 0 Å². The van der Waals surface area contributed by atoms with E-state index in [1.807, 2.05) is 0 Å². The van der Waals surface area contributed by atoms with Crippen LogP contribution in [0.4, 0.5) is 0 Å². The van der Waals surface area contributed by atoms with Crippen molar-refractivity contribution in [1.29, 1.82) is 0 Å². The number of hydrogen-bond donors (Lipinski definition) is 3. The predicted molar refractivity (Wildman–Crippen MR) is 139 cm³/mol. The monoisotopic (exact) mass is 596 g/mol. The highest BCUT2D eigenvalue weighted by molar-refractivity contribution is 5.89. The number of hydrogen-bond acceptors (Lipinski definition) is 14. The number of aliphatic hydroxyl groups is 1. The van der Waals surface area contributed by atoms with Gasteiger partial charge in [0.15, 0.2) is 60.2 Å². The molecule has 5 N–H and O–H groups in total. The van der Waals surface area contributed by atoms with Gasteiger partial charge in [0.1, 0.15) is 12.4 Å². The third-order valence-electron chi connectivity index (χ3n) is 3.74. The first-order chi connectivity index (χ1) is 19.2. The molecule has 0 aliphatic carbocycles. The maximum Gasteiger partial charge on any atom is 0.371 e. The van der Waals surface area contributed by atoms with Crippen LogP contribution >= 0.6 is 0 Å². The van der Waals surface area contributed by atoms with Crippen molar-refractivity contribution in [3.05, 3.63) is 105 Å². The molecule has 17 heteroatoms. The van der Waals surface area contributed by atoms with Crippen molar-refractivity contribution in [2.75, 3.05) is 0 Å². The van der Waals surface area contributed by atoms with Gasteiger partial charge in [-0.1, -0.05) is 7.43 Å². The summed E-state index contributed by atoms with van der Waals surface area (Å²) in [5, 5.41) is 25.0. The summed E-state index contributed by atoms with van der Waals surface area (Å²) in [5.41, 5.74) is 0. The van der Waals surface area contributed by atoms with Crippen molar-refractivity contribution in [2.24, 2.45) is 0 Å². The van der Waals surface area contributed by atoms with Gasteiger partial charge in [0.25, 0.3) is 0 Å². The number of carbonyl (C=O) groups excluding carboxylic acids is 5. The van der Waals surface area contributed by atoms with Crippen LogP contribution in [-0.4, -0.2) is 64.2 Å². The molecule has 0 unspecified atom stereocenters. The normalized spacial score (nSPS) is 8.40. The third kappa shape index (κ3) is 14.8.